The molecule has 2 aromatic heterocycles. The van der Waals surface area contributed by atoms with Gasteiger partial charge in [0.2, 0.25) is 15.9 Å². The van der Waals surface area contributed by atoms with Gasteiger partial charge in [-0.3, -0.25) is 9.48 Å². The van der Waals surface area contributed by atoms with Crippen molar-refractivity contribution in [3.8, 4) is 5.88 Å². The van der Waals surface area contributed by atoms with E-state index in [9.17, 15) is 18.3 Å². The van der Waals surface area contributed by atoms with Crippen LogP contribution in [0.25, 0.3) is 10.9 Å². The summed E-state index contributed by atoms with van der Waals surface area (Å²) in [5.41, 5.74) is 1.35. The van der Waals surface area contributed by atoms with E-state index in [1.54, 1.807) is 12.1 Å². The highest BCUT2D eigenvalue weighted by atomic mass is 32.2. The van der Waals surface area contributed by atoms with Crippen LogP contribution in [0.15, 0.2) is 47.5 Å². The van der Waals surface area contributed by atoms with E-state index in [4.69, 9.17) is 9.84 Å². The van der Waals surface area contributed by atoms with Crippen LogP contribution in [0, 0.1) is 11.8 Å². The van der Waals surface area contributed by atoms with Gasteiger partial charge < -0.3 is 9.84 Å². The molecule has 1 N–H and O–H groups in total. The maximum absolute atomic E-state index is 13.6. The summed E-state index contributed by atoms with van der Waals surface area (Å²) in [4.78, 5) is 15.8. The predicted molar refractivity (Wildman–Crippen MR) is 134 cm³/mol. The number of hydrogen-bond donors (Lipinski definition) is 1. The Morgan fingerprint density at radius 3 is 2.58 bits per heavy atom. The van der Waals surface area contributed by atoms with Crippen molar-refractivity contribution < 1.29 is 23.1 Å². The summed E-state index contributed by atoms with van der Waals surface area (Å²) >= 11 is 0. The van der Waals surface area contributed by atoms with Gasteiger partial charge in [-0.15, -0.1) is 0 Å². The molecule has 1 saturated carbocycles. The number of ether oxygens (including phenoxy) is 1. The summed E-state index contributed by atoms with van der Waals surface area (Å²) in [7, 11) is -3.77. The second-order valence-corrected chi connectivity index (χ2v) is 12.1. The topological polar surface area (TPSA) is 115 Å². The summed E-state index contributed by atoms with van der Waals surface area (Å²) in [5, 5.41) is 14.9. The number of rotatable bonds is 9. The number of sulfonamides is 1. The number of carbonyl (C=O) groups is 1. The van der Waals surface area contributed by atoms with Crippen LogP contribution >= 0.6 is 0 Å². The van der Waals surface area contributed by atoms with Gasteiger partial charge in [0.05, 0.1) is 36.0 Å². The molecule has 1 aliphatic heterocycles. The minimum absolute atomic E-state index is 0.0542. The number of hydrogen-bond acceptors (Lipinski definition) is 6. The molecule has 0 amide bonds. The molecule has 1 aromatic carbocycles. The lowest BCUT2D eigenvalue weighted by Crippen LogP contribution is -2.30. The summed E-state index contributed by atoms with van der Waals surface area (Å²) < 4.78 is 36.2. The fourth-order valence-electron chi connectivity index (χ4n) is 5.34. The average Bonchev–Trinajstić information content (AvgIpc) is 3.38. The number of para-hydroxylation sites is 1. The van der Waals surface area contributed by atoms with Gasteiger partial charge >= 0.3 is 5.97 Å². The molecule has 0 unspecified atom stereocenters. The van der Waals surface area contributed by atoms with E-state index in [0.29, 0.717) is 24.0 Å². The second kappa shape index (κ2) is 9.82. The van der Waals surface area contributed by atoms with Crippen molar-refractivity contribution in [1.29, 1.82) is 0 Å². The number of carboxylic acids is 1. The van der Waals surface area contributed by atoms with Crippen molar-refractivity contribution in [3.05, 3.63) is 48.3 Å². The first-order valence-electron chi connectivity index (χ1n) is 12.5. The quantitative estimate of drug-likeness (QED) is 0.462. The molecule has 3 aromatic rings. The van der Waals surface area contributed by atoms with E-state index in [0.717, 1.165) is 17.3 Å². The number of aromatic nitrogens is 3. The van der Waals surface area contributed by atoms with Crippen molar-refractivity contribution in [3.63, 3.8) is 0 Å². The van der Waals surface area contributed by atoms with E-state index in [2.05, 4.69) is 4.98 Å². The van der Waals surface area contributed by atoms with Gasteiger partial charge in [-0.2, -0.15) is 9.40 Å². The number of pyridine rings is 1. The van der Waals surface area contributed by atoms with Crippen LogP contribution in [-0.2, 0) is 21.2 Å². The van der Waals surface area contributed by atoms with Crippen molar-refractivity contribution in [1.82, 2.24) is 19.1 Å². The first-order chi connectivity index (χ1) is 17.2. The molecular weight excluding hydrogens is 480 g/mol. The highest BCUT2D eigenvalue weighted by Crippen LogP contribution is 2.41. The standard InChI is InChI=1S/C26H32N4O5S/c1-17(2)35-25-11-10-20(14-27-25)36(33,34)29-15-19(12-18-6-5-7-18)24(16-29)30-23-9-4-3-8-21(23)22(28-30)13-26(31)32/h3-4,8-11,14,17-19,24H,5-7,12-13,15-16H2,1-2H3,(H,31,32)/t19-,24+/m1/s1. The Kier molecular flexibility index (Phi) is 6.74. The first kappa shape index (κ1) is 24.7. The maximum Gasteiger partial charge on any atom is 0.309 e. The van der Waals surface area contributed by atoms with Crippen molar-refractivity contribution in [2.45, 2.75) is 63.0 Å². The Morgan fingerprint density at radius 2 is 1.94 bits per heavy atom. The third kappa shape index (κ3) is 4.84. The van der Waals surface area contributed by atoms with Gasteiger partial charge in [0, 0.05) is 24.5 Å². The molecule has 2 atom stereocenters. The SMILES string of the molecule is CC(C)Oc1ccc(S(=O)(=O)N2C[C@@H](CC3CCC3)[C@@H](n3nc(CC(=O)O)c4ccccc43)C2)cn1. The lowest BCUT2D eigenvalue weighted by atomic mass is 9.78. The Labute approximate surface area is 211 Å². The Morgan fingerprint density at radius 1 is 1.17 bits per heavy atom. The minimum atomic E-state index is -3.77. The number of carboxylic acid groups (broad SMARTS) is 1. The molecule has 36 heavy (non-hydrogen) atoms. The fraction of sp³-hybridized carbons (Fsp3) is 0.500. The van der Waals surface area contributed by atoms with Crippen LogP contribution < -0.4 is 4.74 Å². The van der Waals surface area contributed by atoms with Crippen molar-refractivity contribution in [2.24, 2.45) is 11.8 Å². The molecule has 2 fully saturated rings. The van der Waals surface area contributed by atoms with E-state index in [1.807, 2.05) is 42.8 Å². The third-order valence-electron chi connectivity index (χ3n) is 7.26. The Hall–Kier alpha value is -2.98. The number of nitrogens with zero attached hydrogens (tertiary/aromatic N) is 4. The minimum Gasteiger partial charge on any atom is -0.481 e. The molecule has 9 nitrogen and oxygen atoms in total. The highest BCUT2D eigenvalue weighted by molar-refractivity contribution is 7.89. The number of aliphatic carboxylic acids is 1. The molecule has 5 rings (SSSR count). The zero-order valence-corrected chi connectivity index (χ0v) is 21.4. The maximum atomic E-state index is 13.6. The van der Waals surface area contributed by atoms with Crippen molar-refractivity contribution >= 4 is 26.9 Å². The third-order valence-corrected chi connectivity index (χ3v) is 9.08. The average molecular weight is 513 g/mol. The normalized spacial score (nSPS) is 21.2. The van der Waals surface area contributed by atoms with Crippen LogP contribution in [0.3, 0.4) is 0 Å². The van der Waals surface area contributed by atoms with Crippen LogP contribution in [0.4, 0.5) is 0 Å². The van der Waals surface area contributed by atoms with E-state index in [-0.39, 0.29) is 35.9 Å². The molecule has 10 heteroatoms. The molecule has 0 radical (unpaired) electrons. The van der Waals surface area contributed by atoms with Crippen LogP contribution in [0.2, 0.25) is 0 Å². The van der Waals surface area contributed by atoms with Gasteiger partial charge in [0.25, 0.3) is 0 Å². The zero-order valence-electron chi connectivity index (χ0n) is 20.6. The van der Waals surface area contributed by atoms with E-state index >= 15 is 0 Å². The number of fused-ring (bicyclic) bond motifs is 1. The zero-order chi connectivity index (χ0) is 25.4. The van der Waals surface area contributed by atoms with Crippen molar-refractivity contribution in [2.75, 3.05) is 13.1 Å². The van der Waals surface area contributed by atoms with Crippen LogP contribution in [0.1, 0.15) is 51.3 Å². The molecule has 1 aliphatic carbocycles. The van der Waals surface area contributed by atoms with Gasteiger partial charge in [0.15, 0.2) is 0 Å². The van der Waals surface area contributed by atoms with Crippen LogP contribution in [-0.4, -0.2) is 57.8 Å². The molecule has 3 heterocycles. The Balaban J connectivity index is 1.47. The molecule has 0 bridgehead atoms. The van der Waals surface area contributed by atoms with E-state index < -0.39 is 16.0 Å². The summed E-state index contributed by atoms with van der Waals surface area (Å²) in [6, 6.07) is 10.5. The molecule has 2 aliphatic rings. The van der Waals surface area contributed by atoms with Gasteiger partial charge in [0.1, 0.15) is 4.90 Å². The molecule has 192 valence electrons. The molecule has 0 spiro atoms. The lowest BCUT2D eigenvalue weighted by molar-refractivity contribution is -0.136. The van der Waals surface area contributed by atoms with Gasteiger partial charge in [-0.05, 0) is 44.2 Å². The fourth-order valence-corrected chi connectivity index (χ4v) is 6.80. The predicted octanol–water partition coefficient (Wildman–Crippen LogP) is 3.90. The summed E-state index contributed by atoms with van der Waals surface area (Å²) in [6.45, 7) is 4.46. The first-order valence-corrected chi connectivity index (χ1v) is 14.0. The molecular formula is C26H32N4O5S. The summed E-state index contributed by atoms with van der Waals surface area (Å²) in [6.07, 6.45) is 5.61. The Bertz CT molecular complexity index is 1350. The lowest BCUT2D eigenvalue weighted by Gasteiger charge is -2.30. The highest BCUT2D eigenvalue weighted by Gasteiger charge is 2.43. The second-order valence-electron chi connectivity index (χ2n) is 10.2. The number of benzene rings is 1. The van der Waals surface area contributed by atoms with E-state index in [1.165, 1.54) is 29.8 Å². The monoisotopic (exact) mass is 512 g/mol. The van der Waals surface area contributed by atoms with Gasteiger partial charge in [-0.25, -0.2) is 13.4 Å². The van der Waals surface area contributed by atoms with Crippen LogP contribution in [0.5, 0.6) is 5.88 Å². The summed E-state index contributed by atoms with van der Waals surface area (Å²) in [5.74, 6) is 0.127. The van der Waals surface area contributed by atoms with Gasteiger partial charge in [-0.1, -0.05) is 37.5 Å². The largest absolute Gasteiger partial charge is 0.481 e. The smallest absolute Gasteiger partial charge is 0.309 e. The molecule has 1 saturated heterocycles.